The zero-order chi connectivity index (χ0) is 17.3. The summed E-state index contributed by atoms with van der Waals surface area (Å²) in [5.41, 5.74) is 2.79. The molecule has 24 heavy (non-hydrogen) atoms. The van der Waals surface area contributed by atoms with Gasteiger partial charge in [0.2, 0.25) is 5.03 Å². The zero-order valence-electron chi connectivity index (χ0n) is 12.4. The number of nitrogens with one attached hydrogen (secondary N) is 2. The van der Waals surface area contributed by atoms with E-state index in [2.05, 4.69) is 15.4 Å². The van der Waals surface area contributed by atoms with Gasteiger partial charge >= 0.3 is 0 Å². The number of imidazole rings is 1. The summed E-state index contributed by atoms with van der Waals surface area (Å²) in [6.07, 6.45) is 1.25. The van der Waals surface area contributed by atoms with Crippen LogP contribution in [0.25, 0.3) is 10.9 Å². The molecule has 8 nitrogen and oxygen atoms in total. The van der Waals surface area contributed by atoms with Crippen molar-refractivity contribution in [1.29, 1.82) is 0 Å². The number of aryl methyl sites for hydroxylation is 1. The van der Waals surface area contributed by atoms with Gasteiger partial charge in [-0.1, -0.05) is 35.9 Å². The highest BCUT2D eigenvalue weighted by atomic mass is 35.5. The molecule has 2 aromatic heterocycles. The molecule has 0 atom stereocenters. The van der Waals surface area contributed by atoms with E-state index in [0.29, 0.717) is 5.52 Å². The van der Waals surface area contributed by atoms with E-state index in [9.17, 15) is 13.2 Å². The van der Waals surface area contributed by atoms with E-state index >= 15 is 0 Å². The highest BCUT2D eigenvalue weighted by molar-refractivity contribution is 7.89. The minimum absolute atomic E-state index is 0.0689. The lowest BCUT2D eigenvalue weighted by atomic mass is 10.2. The fourth-order valence-electron chi connectivity index (χ4n) is 1.99. The van der Waals surface area contributed by atoms with Gasteiger partial charge in [0.25, 0.3) is 15.9 Å². The van der Waals surface area contributed by atoms with Crippen LogP contribution in [0.5, 0.6) is 0 Å². The van der Waals surface area contributed by atoms with E-state index in [1.807, 2.05) is 17.0 Å². The largest absolute Gasteiger partial charge is 0.324 e. The summed E-state index contributed by atoms with van der Waals surface area (Å²) in [5, 5.41) is 0.425. The maximum atomic E-state index is 12.1. The SMILES string of the molecule is Cn1cnc(S(=O)(=O)NNC(=O)c2ccc3ccccc3n2)c1Cl. The number of amides is 1. The number of hydrogen-bond donors (Lipinski definition) is 2. The van der Waals surface area contributed by atoms with Crippen LogP contribution >= 0.6 is 11.6 Å². The molecule has 0 unspecified atom stereocenters. The van der Waals surface area contributed by atoms with Crippen molar-refractivity contribution in [1.82, 2.24) is 24.8 Å². The first kappa shape index (κ1) is 16.4. The van der Waals surface area contributed by atoms with Gasteiger partial charge < -0.3 is 4.57 Å². The molecule has 0 spiro atoms. The molecule has 1 amide bonds. The first-order valence-electron chi connectivity index (χ1n) is 6.73. The number of para-hydroxylation sites is 1. The Labute approximate surface area is 142 Å². The maximum absolute atomic E-state index is 12.1. The summed E-state index contributed by atoms with van der Waals surface area (Å²) in [6, 6.07) is 10.5. The number of nitrogens with zero attached hydrogens (tertiary/aromatic N) is 3. The topological polar surface area (TPSA) is 106 Å². The summed E-state index contributed by atoms with van der Waals surface area (Å²) in [6.45, 7) is 0. The van der Waals surface area contributed by atoms with Crippen LogP contribution in [0.15, 0.2) is 47.8 Å². The smallest absolute Gasteiger partial charge is 0.284 e. The molecule has 0 saturated heterocycles. The Balaban J connectivity index is 1.78. The van der Waals surface area contributed by atoms with Gasteiger partial charge in [-0.2, -0.15) is 0 Å². The predicted molar refractivity (Wildman–Crippen MR) is 87.7 cm³/mol. The Morgan fingerprint density at radius 3 is 2.67 bits per heavy atom. The number of sulfonamides is 1. The lowest BCUT2D eigenvalue weighted by Crippen LogP contribution is -2.42. The molecule has 2 N–H and O–H groups in total. The number of rotatable bonds is 4. The average molecular weight is 366 g/mol. The molecule has 0 aliphatic rings. The molecule has 0 bridgehead atoms. The summed E-state index contributed by atoms with van der Waals surface area (Å²) in [5.74, 6) is -0.698. The van der Waals surface area contributed by atoms with Crippen LogP contribution in [0.4, 0.5) is 0 Å². The highest BCUT2D eigenvalue weighted by Gasteiger charge is 2.23. The Kier molecular flexibility index (Phi) is 4.22. The fourth-order valence-corrected chi connectivity index (χ4v) is 3.27. The number of carbonyl (C=O) groups is 1. The second kappa shape index (κ2) is 6.19. The first-order valence-corrected chi connectivity index (χ1v) is 8.59. The summed E-state index contributed by atoms with van der Waals surface area (Å²) in [4.78, 5) is 21.9. The summed E-state index contributed by atoms with van der Waals surface area (Å²) >= 11 is 5.85. The van der Waals surface area contributed by atoms with E-state index in [1.165, 1.54) is 17.0 Å². The van der Waals surface area contributed by atoms with E-state index in [4.69, 9.17) is 11.6 Å². The number of carbonyl (C=O) groups excluding carboxylic acids is 1. The molecular formula is C14H12ClN5O3S. The van der Waals surface area contributed by atoms with Crippen LogP contribution in [-0.4, -0.2) is 28.9 Å². The fraction of sp³-hybridized carbons (Fsp3) is 0.0714. The maximum Gasteiger partial charge on any atom is 0.284 e. The van der Waals surface area contributed by atoms with Gasteiger partial charge in [-0.3, -0.25) is 10.2 Å². The van der Waals surface area contributed by atoms with Gasteiger partial charge in [0.15, 0.2) is 0 Å². The molecule has 0 fully saturated rings. The average Bonchev–Trinajstić information content (AvgIpc) is 2.92. The third-order valence-corrected chi connectivity index (χ3v) is 4.96. The van der Waals surface area contributed by atoms with Crippen LogP contribution in [0, 0.1) is 0 Å². The van der Waals surface area contributed by atoms with Crippen molar-refractivity contribution in [3.63, 3.8) is 0 Å². The standard InChI is InChI=1S/C14H12ClN5O3S/c1-20-8-16-14(12(20)15)24(22,23)19-18-13(21)11-7-6-9-4-2-3-5-10(9)17-11/h2-8,19H,1H3,(H,18,21). The van der Waals surface area contributed by atoms with Gasteiger partial charge in [0, 0.05) is 12.4 Å². The molecule has 0 saturated carbocycles. The van der Waals surface area contributed by atoms with Crippen molar-refractivity contribution in [3.8, 4) is 0 Å². The van der Waals surface area contributed by atoms with Crippen molar-refractivity contribution >= 4 is 38.4 Å². The van der Waals surface area contributed by atoms with Gasteiger partial charge in [-0.05, 0) is 12.1 Å². The van der Waals surface area contributed by atoms with Crippen molar-refractivity contribution in [3.05, 3.63) is 53.6 Å². The van der Waals surface area contributed by atoms with Crippen molar-refractivity contribution in [2.45, 2.75) is 5.03 Å². The Morgan fingerprint density at radius 1 is 1.21 bits per heavy atom. The molecule has 0 radical (unpaired) electrons. The van der Waals surface area contributed by atoms with Crippen LogP contribution in [-0.2, 0) is 17.1 Å². The second-order valence-electron chi connectivity index (χ2n) is 4.90. The van der Waals surface area contributed by atoms with Gasteiger partial charge in [0.1, 0.15) is 10.8 Å². The Bertz CT molecular complexity index is 1030. The van der Waals surface area contributed by atoms with Crippen molar-refractivity contribution < 1.29 is 13.2 Å². The molecule has 1 aromatic carbocycles. The van der Waals surface area contributed by atoms with Crippen LogP contribution < -0.4 is 10.3 Å². The predicted octanol–water partition coefficient (Wildman–Crippen LogP) is 1.24. The molecule has 3 rings (SSSR count). The molecule has 2 heterocycles. The molecule has 0 aliphatic carbocycles. The number of pyridine rings is 1. The zero-order valence-corrected chi connectivity index (χ0v) is 14.0. The minimum atomic E-state index is -4.09. The van der Waals surface area contributed by atoms with Gasteiger partial charge in [0.05, 0.1) is 11.8 Å². The number of aromatic nitrogens is 3. The molecular weight excluding hydrogens is 354 g/mol. The molecule has 10 heteroatoms. The van der Waals surface area contributed by atoms with Crippen molar-refractivity contribution in [2.75, 3.05) is 0 Å². The van der Waals surface area contributed by atoms with Crippen LogP contribution in [0.3, 0.4) is 0 Å². The Hall–Kier alpha value is -2.49. The number of fused-ring (bicyclic) bond motifs is 1. The number of halogens is 1. The van der Waals surface area contributed by atoms with Gasteiger partial charge in [-0.15, -0.1) is 4.83 Å². The van der Waals surface area contributed by atoms with E-state index < -0.39 is 15.9 Å². The van der Waals surface area contributed by atoms with E-state index in [1.54, 1.807) is 25.2 Å². The van der Waals surface area contributed by atoms with Crippen LogP contribution in [0.2, 0.25) is 5.15 Å². The Morgan fingerprint density at radius 2 is 1.96 bits per heavy atom. The lowest BCUT2D eigenvalue weighted by molar-refractivity contribution is 0.0940. The third kappa shape index (κ3) is 3.09. The highest BCUT2D eigenvalue weighted by Crippen LogP contribution is 2.17. The quantitative estimate of drug-likeness (QED) is 0.677. The van der Waals surface area contributed by atoms with E-state index in [-0.39, 0.29) is 15.9 Å². The normalized spacial score (nSPS) is 11.6. The van der Waals surface area contributed by atoms with Crippen molar-refractivity contribution in [2.24, 2.45) is 7.05 Å². The number of benzene rings is 1. The summed E-state index contributed by atoms with van der Waals surface area (Å²) in [7, 11) is -2.54. The molecule has 3 aromatic rings. The lowest BCUT2D eigenvalue weighted by Gasteiger charge is -2.07. The number of hydrogen-bond acceptors (Lipinski definition) is 5. The minimum Gasteiger partial charge on any atom is -0.324 e. The first-order chi connectivity index (χ1) is 11.4. The summed E-state index contributed by atoms with van der Waals surface area (Å²) < 4.78 is 25.6. The van der Waals surface area contributed by atoms with E-state index in [0.717, 1.165) is 5.39 Å². The second-order valence-corrected chi connectivity index (χ2v) is 6.86. The molecule has 124 valence electrons. The van der Waals surface area contributed by atoms with Gasteiger partial charge in [-0.25, -0.2) is 18.4 Å². The monoisotopic (exact) mass is 365 g/mol. The number of hydrazine groups is 1. The molecule has 0 aliphatic heterocycles. The van der Waals surface area contributed by atoms with Crippen LogP contribution in [0.1, 0.15) is 10.5 Å². The third-order valence-electron chi connectivity index (χ3n) is 3.22.